The summed E-state index contributed by atoms with van der Waals surface area (Å²) in [6.07, 6.45) is 3.93. The van der Waals surface area contributed by atoms with Gasteiger partial charge in [-0.2, -0.15) is 0 Å². The molecule has 4 aromatic carbocycles. The Hall–Kier alpha value is -4.54. The maximum Gasteiger partial charge on any atom is 0.138 e. The molecular formula is C32H19N3S. The fourth-order valence-corrected chi connectivity index (χ4v) is 6.55. The van der Waals surface area contributed by atoms with Crippen molar-refractivity contribution in [2.24, 2.45) is 0 Å². The molecule has 0 unspecified atom stereocenters. The summed E-state index contributed by atoms with van der Waals surface area (Å²) < 4.78 is 4.83. The molecule has 0 saturated carbocycles. The highest BCUT2D eigenvalue weighted by Gasteiger charge is 2.16. The highest BCUT2D eigenvalue weighted by atomic mass is 32.1. The molecule has 0 fully saturated rings. The molecule has 4 heterocycles. The summed E-state index contributed by atoms with van der Waals surface area (Å²) in [7, 11) is 0. The molecule has 8 aromatic rings. The fraction of sp³-hybridized carbons (Fsp3) is 0. The van der Waals surface area contributed by atoms with Gasteiger partial charge >= 0.3 is 0 Å². The van der Waals surface area contributed by atoms with Crippen LogP contribution in [0.3, 0.4) is 0 Å². The van der Waals surface area contributed by atoms with Gasteiger partial charge in [-0.15, -0.1) is 11.3 Å². The van der Waals surface area contributed by atoms with Gasteiger partial charge in [-0.3, -0.25) is 9.55 Å². The molecule has 0 atom stereocenters. The average molecular weight is 478 g/mol. The van der Waals surface area contributed by atoms with Crippen LogP contribution in [0.25, 0.3) is 69.8 Å². The van der Waals surface area contributed by atoms with Crippen molar-refractivity contribution in [3.63, 3.8) is 0 Å². The number of thiophene rings is 1. The molecule has 0 aliphatic carbocycles. The van der Waals surface area contributed by atoms with Crippen molar-refractivity contribution >= 4 is 64.1 Å². The summed E-state index contributed by atoms with van der Waals surface area (Å²) in [6.45, 7) is 0. The van der Waals surface area contributed by atoms with Gasteiger partial charge in [-0.25, -0.2) is 4.98 Å². The molecule has 4 heteroatoms. The molecule has 4 aromatic heterocycles. The Morgan fingerprint density at radius 2 is 1.33 bits per heavy atom. The molecule has 0 bridgehead atoms. The Morgan fingerprint density at radius 3 is 2.28 bits per heavy atom. The number of hydrogen-bond acceptors (Lipinski definition) is 3. The van der Waals surface area contributed by atoms with Gasteiger partial charge in [0.1, 0.15) is 5.82 Å². The van der Waals surface area contributed by atoms with Gasteiger partial charge in [0, 0.05) is 54.3 Å². The highest BCUT2D eigenvalue weighted by Crippen LogP contribution is 2.38. The number of pyridine rings is 2. The summed E-state index contributed by atoms with van der Waals surface area (Å²) in [6, 6.07) is 36.6. The van der Waals surface area contributed by atoms with Gasteiger partial charge in [-0.1, -0.05) is 72.8 Å². The topological polar surface area (TPSA) is 30.7 Å². The minimum Gasteiger partial charge on any atom is -0.294 e. The zero-order valence-corrected chi connectivity index (χ0v) is 20.0. The normalized spacial score (nSPS) is 11.9. The van der Waals surface area contributed by atoms with Gasteiger partial charge in [0.2, 0.25) is 0 Å². The minimum atomic E-state index is 0.934. The molecule has 168 valence electrons. The molecule has 0 aliphatic rings. The largest absolute Gasteiger partial charge is 0.294 e. The molecular weight excluding hydrogens is 458 g/mol. The van der Waals surface area contributed by atoms with E-state index in [4.69, 9.17) is 9.97 Å². The van der Waals surface area contributed by atoms with Gasteiger partial charge in [-0.05, 0) is 35.7 Å². The number of rotatable bonds is 2. The monoisotopic (exact) mass is 477 g/mol. The van der Waals surface area contributed by atoms with E-state index in [0.717, 1.165) is 33.5 Å². The van der Waals surface area contributed by atoms with E-state index in [1.807, 2.05) is 23.7 Å². The Morgan fingerprint density at radius 1 is 0.556 bits per heavy atom. The summed E-state index contributed by atoms with van der Waals surface area (Å²) in [5, 5.41) is 7.27. The second-order valence-corrected chi connectivity index (χ2v) is 10.2. The van der Waals surface area contributed by atoms with E-state index in [9.17, 15) is 0 Å². The first-order chi connectivity index (χ1) is 17.8. The standard InChI is InChI=1S/C32H19N3S/c1-2-8-22-20(7-1)15-16-33-32(22)21-13-14-24-23-9-3-5-11-27(23)35(28(24)17-21)31-18-30-26(19-34-31)25-10-4-6-12-29(25)36-30/h1-19H. The lowest BCUT2D eigenvalue weighted by Crippen LogP contribution is -1.97. The molecule has 0 N–H and O–H groups in total. The van der Waals surface area contributed by atoms with E-state index in [0.29, 0.717) is 0 Å². The Kier molecular flexibility index (Phi) is 4.10. The Bertz CT molecular complexity index is 2110. The maximum absolute atomic E-state index is 4.98. The van der Waals surface area contributed by atoms with Crippen molar-refractivity contribution in [3.05, 3.63) is 116 Å². The minimum absolute atomic E-state index is 0.934. The van der Waals surface area contributed by atoms with Crippen LogP contribution in [0.1, 0.15) is 0 Å². The van der Waals surface area contributed by atoms with Gasteiger partial charge in [0.05, 0.1) is 16.7 Å². The average Bonchev–Trinajstić information content (AvgIpc) is 3.47. The van der Waals surface area contributed by atoms with E-state index in [-0.39, 0.29) is 0 Å². The molecule has 0 aliphatic heterocycles. The molecule has 0 saturated heterocycles. The Labute approximate surface area is 210 Å². The van der Waals surface area contributed by atoms with Crippen LogP contribution in [0.2, 0.25) is 0 Å². The second kappa shape index (κ2) is 7.48. The third-order valence-corrected chi connectivity index (χ3v) is 8.23. The van der Waals surface area contributed by atoms with E-state index in [1.165, 1.54) is 36.3 Å². The molecule has 8 rings (SSSR count). The van der Waals surface area contributed by atoms with Crippen LogP contribution < -0.4 is 0 Å². The number of hydrogen-bond donors (Lipinski definition) is 0. The van der Waals surface area contributed by atoms with Crippen molar-refractivity contribution in [2.45, 2.75) is 0 Å². The molecule has 36 heavy (non-hydrogen) atoms. The summed E-state index contributed by atoms with van der Waals surface area (Å²) >= 11 is 1.82. The van der Waals surface area contributed by atoms with Crippen molar-refractivity contribution in [1.82, 2.24) is 14.5 Å². The fourth-order valence-electron chi connectivity index (χ4n) is 5.45. The summed E-state index contributed by atoms with van der Waals surface area (Å²) in [5.74, 6) is 0.934. The van der Waals surface area contributed by atoms with Crippen LogP contribution >= 0.6 is 11.3 Å². The summed E-state index contributed by atoms with van der Waals surface area (Å²) in [5.41, 5.74) is 4.39. The van der Waals surface area contributed by atoms with E-state index >= 15 is 0 Å². The van der Waals surface area contributed by atoms with Crippen molar-refractivity contribution in [1.29, 1.82) is 0 Å². The number of benzene rings is 4. The van der Waals surface area contributed by atoms with Crippen LogP contribution in [0, 0.1) is 0 Å². The number of aromatic nitrogens is 3. The highest BCUT2D eigenvalue weighted by molar-refractivity contribution is 7.25. The van der Waals surface area contributed by atoms with Crippen molar-refractivity contribution < 1.29 is 0 Å². The SMILES string of the molecule is c1ccc2c(-c3ccc4c5ccccc5n(-c5cc6sc7ccccc7c6cn5)c4c3)nccc2c1. The predicted octanol–water partition coefficient (Wildman–Crippen LogP) is 8.76. The maximum atomic E-state index is 4.98. The van der Waals surface area contributed by atoms with Crippen molar-refractivity contribution in [2.75, 3.05) is 0 Å². The molecule has 0 amide bonds. The zero-order chi connectivity index (χ0) is 23.6. The van der Waals surface area contributed by atoms with E-state index in [2.05, 4.69) is 108 Å². The molecule has 0 radical (unpaired) electrons. The van der Waals surface area contributed by atoms with Crippen LogP contribution in [0.4, 0.5) is 0 Å². The first-order valence-electron chi connectivity index (χ1n) is 12.0. The lowest BCUT2D eigenvalue weighted by Gasteiger charge is -2.09. The van der Waals surface area contributed by atoms with Crippen LogP contribution in [0.5, 0.6) is 0 Å². The summed E-state index contributed by atoms with van der Waals surface area (Å²) in [4.78, 5) is 9.76. The van der Waals surface area contributed by atoms with Crippen molar-refractivity contribution in [3.8, 4) is 17.1 Å². The number of para-hydroxylation sites is 1. The first kappa shape index (κ1) is 19.7. The molecule has 3 nitrogen and oxygen atoms in total. The van der Waals surface area contributed by atoms with E-state index < -0.39 is 0 Å². The van der Waals surface area contributed by atoms with Crippen LogP contribution in [-0.2, 0) is 0 Å². The predicted molar refractivity (Wildman–Crippen MR) is 152 cm³/mol. The number of nitrogens with zero attached hydrogens (tertiary/aromatic N) is 3. The lowest BCUT2D eigenvalue weighted by molar-refractivity contribution is 1.09. The van der Waals surface area contributed by atoms with Crippen LogP contribution in [0.15, 0.2) is 116 Å². The first-order valence-corrected chi connectivity index (χ1v) is 12.8. The number of fused-ring (bicyclic) bond motifs is 7. The third kappa shape index (κ3) is 2.79. The zero-order valence-electron chi connectivity index (χ0n) is 19.2. The Balaban J connectivity index is 1.43. The molecule has 0 spiro atoms. The van der Waals surface area contributed by atoms with Gasteiger partial charge < -0.3 is 0 Å². The van der Waals surface area contributed by atoms with E-state index in [1.54, 1.807) is 0 Å². The second-order valence-electron chi connectivity index (χ2n) is 9.10. The van der Waals surface area contributed by atoms with Gasteiger partial charge in [0.15, 0.2) is 0 Å². The lowest BCUT2D eigenvalue weighted by atomic mass is 10.0. The quantitative estimate of drug-likeness (QED) is 0.249. The van der Waals surface area contributed by atoms with Gasteiger partial charge in [0.25, 0.3) is 0 Å². The van der Waals surface area contributed by atoms with Crippen LogP contribution in [-0.4, -0.2) is 14.5 Å². The third-order valence-electron chi connectivity index (χ3n) is 7.10. The smallest absolute Gasteiger partial charge is 0.138 e.